The van der Waals surface area contributed by atoms with Gasteiger partial charge in [0.15, 0.2) is 0 Å². The quantitative estimate of drug-likeness (QED) is 0.601. The molecule has 2 aromatic carbocycles. The van der Waals surface area contributed by atoms with Gasteiger partial charge in [0.2, 0.25) is 0 Å². The number of hydrogen-bond acceptors (Lipinski definition) is 5. The number of benzene rings is 2. The molecule has 0 aliphatic carbocycles. The molecule has 5 heteroatoms. The Morgan fingerprint density at radius 2 is 1.38 bits per heavy atom. The third-order valence-corrected chi connectivity index (χ3v) is 3.61. The number of nitrogens with zero attached hydrogens (tertiary/aromatic N) is 1. The zero-order chi connectivity index (χ0) is 17.5. The lowest BCUT2D eigenvalue weighted by Crippen LogP contribution is -2.13. The van der Waals surface area contributed by atoms with Crippen LogP contribution in [0.15, 0.2) is 54.7 Å². The summed E-state index contributed by atoms with van der Waals surface area (Å²) in [4.78, 5) is 14.0. The van der Waals surface area contributed by atoms with Crippen molar-refractivity contribution in [3.05, 3.63) is 60.3 Å². The van der Waals surface area contributed by atoms with Gasteiger partial charge in [-0.3, -0.25) is 0 Å². The third-order valence-electron chi connectivity index (χ3n) is 3.61. The number of carbonyl (C=O) groups excluding carboxylic acids is 1. The molecule has 2 rings (SSSR count). The molecular formula is C19H21NO4. The minimum Gasteiger partial charge on any atom is -0.497 e. The van der Waals surface area contributed by atoms with Crippen LogP contribution in [0.3, 0.4) is 0 Å². The first-order valence-electron chi connectivity index (χ1n) is 7.40. The van der Waals surface area contributed by atoms with Gasteiger partial charge in [-0.1, -0.05) is 12.1 Å². The monoisotopic (exact) mass is 327 g/mol. The van der Waals surface area contributed by atoms with Gasteiger partial charge in [-0.05, 0) is 42.0 Å². The topological polar surface area (TPSA) is 48.0 Å². The number of anilines is 1. The first kappa shape index (κ1) is 17.4. The number of hydrogen-bond donors (Lipinski definition) is 0. The van der Waals surface area contributed by atoms with Crippen molar-refractivity contribution in [2.24, 2.45) is 0 Å². The van der Waals surface area contributed by atoms with Crippen LogP contribution in [0.5, 0.6) is 11.5 Å². The molecule has 0 bridgehead atoms. The van der Waals surface area contributed by atoms with E-state index in [0.29, 0.717) is 5.57 Å². The fraction of sp³-hybridized carbons (Fsp3) is 0.211. The van der Waals surface area contributed by atoms with Crippen molar-refractivity contribution >= 4 is 17.2 Å². The molecule has 0 spiro atoms. The highest BCUT2D eigenvalue weighted by molar-refractivity contribution is 6.16. The Bertz CT molecular complexity index is 705. The first-order valence-corrected chi connectivity index (χ1v) is 7.40. The fourth-order valence-corrected chi connectivity index (χ4v) is 2.21. The van der Waals surface area contributed by atoms with E-state index in [2.05, 4.69) is 0 Å². The Hall–Kier alpha value is -2.95. The molecule has 5 nitrogen and oxygen atoms in total. The summed E-state index contributed by atoms with van der Waals surface area (Å²) < 4.78 is 15.2. The summed E-state index contributed by atoms with van der Waals surface area (Å²) in [6.07, 6.45) is 1.75. The summed E-state index contributed by atoms with van der Waals surface area (Å²) in [5.74, 6) is 1.10. The molecule has 0 fully saturated rings. The maximum atomic E-state index is 12.2. The molecule has 24 heavy (non-hydrogen) atoms. The van der Waals surface area contributed by atoms with Crippen LogP contribution in [0, 0.1) is 0 Å². The van der Waals surface area contributed by atoms with E-state index in [1.807, 2.05) is 48.3 Å². The summed E-state index contributed by atoms with van der Waals surface area (Å²) in [7, 11) is 6.46. The highest BCUT2D eigenvalue weighted by Crippen LogP contribution is 2.23. The van der Waals surface area contributed by atoms with E-state index in [1.165, 1.54) is 7.11 Å². The second kappa shape index (κ2) is 8.06. The van der Waals surface area contributed by atoms with Crippen LogP contribution in [0.1, 0.15) is 5.56 Å². The zero-order valence-corrected chi connectivity index (χ0v) is 14.3. The van der Waals surface area contributed by atoms with Gasteiger partial charge in [0, 0.05) is 18.9 Å². The number of esters is 1. The van der Waals surface area contributed by atoms with Gasteiger partial charge >= 0.3 is 5.97 Å². The molecule has 0 amide bonds. The minimum absolute atomic E-state index is 0.402. The van der Waals surface area contributed by atoms with Crippen LogP contribution in [0.25, 0.3) is 5.57 Å². The van der Waals surface area contributed by atoms with E-state index in [0.717, 1.165) is 22.7 Å². The largest absolute Gasteiger partial charge is 0.497 e. The van der Waals surface area contributed by atoms with Crippen LogP contribution in [-0.4, -0.2) is 34.3 Å². The van der Waals surface area contributed by atoms with Crippen molar-refractivity contribution in [1.82, 2.24) is 0 Å². The molecule has 0 atom stereocenters. The van der Waals surface area contributed by atoms with Gasteiger partial charge in [0.1, 0.15) is 11.5 Å². The lowest BCUT2D eigenvalue weighted by atomic mass is 10.1. The van der Waals surface area contributed by atoms with Gasteiger partial charge in [-0.2, -0.15) is 0 Å². The van der Waals surface area contributed by atoms with Crippen molar-refractivity contribution in [2.75, 3.05) is 33.3 Å². The van der Waals surface area contributed by atoms with E-state index >= 15 is 0 Å². The second-order valence-electron chi connectivity index (χ2n) is 5.07. The lowest BCUT2D eigenvalue weighted by molar-refractivity contribution is -0.133. The van der Waals surface area contributed by atoms with E-state index < -0.39 is 5.97 Å². The molecule has 0 aliphatic heterocycles. The van der Waals surface area contributed by atoms with Gasteiger partial charge in [0.25, 0.3) is 0 Å². The van der Waals surface area contributed by atoms with Crippen LogP contribution < -0.4 is 14.4 Å². The van der Waals surface area contributed by atoms with Gasteiger partial charge < -0.3 is 19.1 Å². The molecule has 0 saturated carbocycles. The lowest BCUT2D eigenvalue weighted by Gasteiger charge is -2.17. The molecular weight excluding hydrogens is 306 g/mol. The Morgan fingerprint density at radius 1 is 0.875 bits per heavy atom. The molecule has 0 radical (unpaired) electrons. The Balaban J connectivity index is 2.34. The van der Waals surface area contributed by atoms with Gasteiger partial charge in [-0.25, -0.2) is 4.79 Å². The molecule has 2 aromatic rings. The normalized spacial score (nSPS) is 10.9. The summed E-state index contributed by atoms with van der Waals surface area (Å²) in [5.41, 5.74) is 2.13. The average molecular weight is 327 g/mol. The number of rotatable bonds is 6. The Labute approximate surface area is 142 Å². The zero-order valence-electron chi connectivity index (χ0n) is 14.3. The van der Waals surface area contributed by atoms with Crippen LogP contribution in [0.4, 0.5) is 5.69 Å². The fourth-order valence-electron chi connectivity index (χ4n) is 2.21. The van der Waals surface area contributed by atoms with E-state index in [1.54, 1.807) is 32.6 Å². The van der Waals surface area contributed by atoms with Crippen molar-refractivity contribution in [1.29, 1.82) is 0 Å². The van der Waals surface area contributed by atoms with Gasteiger partial charge in [0.05, 0.1) is 26.9 Å². The minimum atomic E-state index is -0.402. The van der Waals surface area contributed by atoms with Crippen molar-refractivity contribution in [3.8, 4) is 11.5 Å². The van der Waals surface area contributed by atoms with E-state index in [9.17, 15) is 4.79 Å². The Morgan fingerprint density at radius 3 is 1.83 bits per heavy atom. The molecule has 0 saturated heterocycles. The standard InChI is InChI=1S/C19H21NO4/c1-20(15-7-11-17(23-3)12-8-15)13-18(19(21)24-4)14-5-9-16(22-2)10-6-14/h5-13H,1-4H3/b18-13-. The highest BCUT2D eigenvalue weighted by Gasteiger charge is 2.14. The number of carbonyl (C=O) groups is 1. The van der Waals surface area contributed by atoms with E-state index in [-0.39, 0.29) is 0 Å². The van der Waals surface area contributed by atoms with Crippen molar-refractivity contribution < 1.29 is 19.0 Å². The second-order valence-corrected chi connectivity index (χ2v) is 5.07. The van der Waals surface area contributed by atoms with Gasteiger partial charge in [-0.15, -0.1) is 0 Å². The molecule has 0 N–H and O–H groups in total. The molecule has 0 aliphatic rings. The Kier molecular flexibility index (Phi) is 5.84. The highest BCUT2D eigenvalue weighted by atomic mass is 16.5. The molecule has 0 aromatic heterocycles. The van der Waals surface area contributed by atoms with Crippen LogP contribution in [-0.2, 0) is 9.53 Å². The number of ether oxygens (including phenoxy) is 3. The maximum absolute atomic E-state index is 12.2. The summed E-state index contributed by atoms with van der Waals surface area (Å²) in [6, 6.07) is 14.8. The smallest absolute Gasteiger partial charge is 0.339 e. The molecule has 0 unspecified atom stereocenters. The predicted octanol–water partition coefficient (Wildman–Crippen LogP) is 3.35. The third kappa shape index (κ3) is 4.07. The van der Waals surface area contributed by atoms with E-state index in [4.69, 9.17) is 14.2 Å². The average Bonchev–Trinajstić information content (AvgIpc) is 2.65. The van der Waals surface area contributed by atoms with Crippen molar-refractivity contribution in [2.45, 2.75) is 0 Å². The summed E-state index contributed by atoms with van der Waals surface area (Å²) in [6.45, 7) is 0. The number of methoxy groups -OCH3 is 3. The van der Waals surface area contributed by atoms with Crippen molar-refractivity contribution in [3.63, 3.8) is 0 Å². The maximum Gasteiger partial charge on any atom is 0.339 e. The summed E-state index contributed by atoms with van der Waals surface area (Å²) in [5, 5.41) is 0. The van der Waals surface area contributed by atoms with Crippen LogP contribution in [0.2, 0.25) is 0 Å². The predicted molar refractivity (Wildman–Crippen MR) is 94.4 cm³/mol. The molecule has 126 valence electrons. The molecule has 0 heterocycles. The SMILES string of the molecule is COC(=O)/C(=C\N(C)c1ccc(OC)cc1)c1ccc(OC)cc1. The first-order chi connectivity index (χ1) is 11.6. The summed E-state index contributed by atoms with van der Waals surface area (Å²) >= 11 is 0. The van der Waals surface area contributed by atoms with Crippen LogP contribution >= 0.6 is 0 Å².